The molecule has 2 aliphatic rings. The van der Waals surface area contributed by atoms with E-state index in [9.17, 15) is 23.5 Å². The lowest BCUT2D eigenvalue weighted by atomic mass is 9.97. The molecule has 1 aliphatic heterocycles. The van der Waals surface area contributed by atoms with Crippen LogP contribution in [0.1, 0.15) is 19.3 Å². The van der Waals surface area contributed by atoms with E-state index in [0.717, 1.165) is 4.90 Å². The Morgan fingerprint density at radius 2 is 1.96 bits per heavy atom. The van der Waals surface area contributed by atoms with Crippen LogP contribution in [0.25, 0.3) is 0 Å². The maximum absolute atomic E-state index is 13.4. The van der Waals surface area contributed by atoms with E-state index in [2.05, 4.69) is 0 Å². The predicted octanol–water partition coefficient (Wildman–Crippen LogP) is 3.37. The fourth-order valence-corrected chi connectivity index (χ4v) is 3.58. The zero-order chi connectivity index (χ0) is 18.8. The van der Waals surface area contributed by atoms with Gasteiger partial charge in [-0.3, -0.25) is 4.79 Å². The number of carbonyl (C=O) groups is 2. The lowest BCUT2D eigenvalue weighted by molar-refractivity contribution is -0.148. The fourth-order valence-electron chi connectivity index (χ4n) is 3.40. The molecule has 1 saturated carbocycles. The Hall–Kier alpha value is -2.15. The Bertz CT molecular complexity index is 732. The van der Waals surface area contributed by atoms with E-state index >= 15 is 0 Å². The Labute approximate surface area is 154 Å². The molecule has 140 valence electrons. The molecule has 1 aromatic carbocycles. The zero-order valence-corrected chi connectivity index (χ0v) is 14.5. The average molecular weight is 386 g/mol. The molecule has 1 fully saturated rings. The number of nitrogens with zero attached hydrogens (tertiary/aromatic N) is 1. The number of halogens is 3. The van der Waals surface area contributed by atoms with Gasteiger partial charge in [0.1, 0.15) is 29.9 Å². The number of hydrogen-bond donors (Lipinski definition) is 1. The van der Waals surface area contributed by atoms with Crippen molar-refractivity contribution in [3.8, 4) is 5.75 Å². The molecule has 0 radical (unpaired) electrons. The lowest BCUT2D eigenvalue weighted by Crippen LogP contribution is -2.43. The first-order valence-electron chi connectivity index (χ1n) is 8.29. The Balaban J connectivity index is 1.67. The monoisotopic (exact) mass is 385 g/mol. The highest BCUT2D eigenvalue weighted by molar-refractivity contribution is 6.32. The summed E-state index contributed by atoms with van der Waals surface area (Å²) < 4.78 is 32.3. The van der Waals surface area contributed by atoms with Gasteiger partial charge >= 0.3 is 5.97 Å². The second-order valence-electron chi connectivity index (χ2n) is 6.57. The summed E-state index contributed by atoms with van der Waals surface area (Å²) in [5, 5.41) is 9.86. The number of carbonyl (C=O) groups excluding carboxylic acids is 1. The van der Waals surface area contributed by atoms with E-state index in [1.54, 1.807) is 24.3 Å². The van der Waals surface area contributed by atoms with Gasteiger partial charge in [-0.15, -0.1) is 0 Å². The minimum atomic E-state index is -1.57. The van der Waals surface area contributed by atoms with Gasteiger partial charge in [0, 0.05) is 6.08 Å². The van der Waals surface area contributed by atoms with Gasteiger partial charge in [0.05, 0.1) is 11.6 Å². The first-order chi connectivity index (χ1) is 12.3. The van der Waals surface area contributed by atoms with Crippen LogP contribution < -0.4 is 4.74 Å². The smallest absolute Gasteiger partial charge is 0.326 e. The molecule has 1 amide bonds. The maximum atomic E-state index is 13.4. The molecular formula is C18H18ClF2NO4. The summed E-state index contributed by atoms with van der Waals surface area (Å²) in [7, 11) is 0. The van der Waals surface area contributed by atoms with Crippen LogP contribution in [0.2, 0.25) is 5.02 Å². The fraction of sp³-hybridized carbons (Fsp3) is 0.444. The van der Waals surface area contributed by atoms with Gasteiger partial charge < -0.3 is 14.7 Å². The van der Waals surface area contributed by atoms with Gasteiger partial charge in [-0.2, -0.15) is 0 Å². The molecule has 0 saturated heterocycles. The predicted molar refractivity (Wildman–Crippen MR) is 90.4 cm³/mol. The normalized spacial score (nSPS) is 26.7. The first kappa shape index (κ1) is 18.6. The molecule has 4 atom stereocenters. The van der Waals surface area contributed by atoms with Crippen molar-refractivity contribution in [1.29, 1.82) is 0 Å². The molecule has 1 heterocycles. The van der Waals surface area contributed by atoms with Crippen LogP contribution in [0, 0.1) is 5.92 Å². The van der Waals surface area contributed by atoms with E-state index in [4.69, 9.17) is 16.3 Å². The molecule has 0 bridgehead atoms. The van der Waals surface area contributed by atoms with Crippen molar-refractivity contribution in [3.63, 3.8) is 0 Å². The summed E-state index contributed by atoms with van der Waals surface area (Å²) >= 11 is 6.01. The number of aliphatic carboxylic acids is 1. The Morgan fingerprint density at radius 1 is 1.31 bits per heavy atom. The molecule has 1 aromatic rings. The number of benzene rings is 1. The van der Waals surface area contributed by atoms with Gasteiger partial charge in [-0.05, 0) is 37.3 Å². The van der Waals surface area contributed by atoms with Gasteiger partial charge in [-0.1, -0.05) is 23.7 Å². The van der Waals surface area contributed by atoms with Crippen LogP contribution in [0.4, 0.5) is 8.78 Å². The molecule has 1 aliphatic carbocycles. The number of hydrogen-bond acceptors (Lipinski definition) is 3. The molecular weight excluding hydrogens is 368 g/mol. The largest absolute Gasteiger partial charge is 0.480 e. The standard InChI is InChI=1S/C18H18ClF2NO4/c19-12-3-1-2-4-16(12)26-11-8-17(23)22(9-11)15(18(24)25)7-10-5-13(20)14(21)6-10/h1-4,8,10,13-15H,5-7,9H2,(H,24,25)/t10-,13-,14+,15?. The summed E-state index contributed by atoms with van der Waals surface area (Å²) in [6.45, 7) is -0.0359. The van der Waals surface area contributed by atoms with Crippen molar-refractivity contribution in [1.82, 2.24) is 4.90 Å². The molecule has 26 heavy (non-hydrogen) atoms. The van der Waals surface area contributed by atoms with Crippen molar-refractivity contribution in [2.24, 2.45) is 5.92 Å². The third-order valence-electron chi connectivity index (χ3n) is 4.70. The molecule has 8 heteroatoms. The number of ether oxygens (including phenoxy) is 1. The van der Waals surface area contributed by atoms with E-state index in [-0.39, 0.29) is 31.6 Å². The topological polar surface area (TPSA) is 66.8 Å². The third-order valence-corrected chi connectivity index (χ3v) is 5.01. The highest BCUT2D eigenvalue weighted by Gasteiger charge is 2.40. The van der Waals surface area contributed by atoms with Crippen molar-refractivity contribution in [2.75, 3.05) is 6.54 Å². The second-order valence-corrected chi connectivity index (χ2v) is 6.98. The molecule has 1 unspecified atom stereocenters. The number of carboxylic acids is 1. The summed E-state index contributed by atoms with van der Waals surface area (Å²) in [6.07, 6.45) is -1.96. The van der Waals surface area contributed by atoms with Crippen LogP contribution in [-0.4, -0.2) is 46.8 Å². The average Bonchev–Trinajstić information content (AvgIpc) is 3.09. The first-order valence-corrected chi connectivity index (χ1v) is 8.67. The molecule has 0 aromatic heterocycles. The highest BCUT2D eigenvalue weighted by Crippen LogP contribution is 2.35. The van der Waals surface area contributed by atoms with Gasteiger partial charge in [-0.25, -0.2) is 13.6 Å². The van der Waals surface area contributed by atoms with E-state index in [1.807, 2.05) is 0 Å². The van der Waals surface area contributed by atoms with Crippen LogP contribution in [0.15, 0.2) is 36.1 Å². The van der Waals surface area contributed by atoms with Gasteiger partial charge in [0.2, 0.25) is 0 Å². The summed E-state index contributed by atoms with van der Waals surface area (Å²) in [5.41, 5.74) is 0. The van der Waals surface area contributed by atoms with Crippen molar-refractivity contribution in [3.05, 3.63) is 41.1 Å². The minimum Gasteiger partial charge on any atom is -0.480 e. The Morgan fingerprint density at radius 3 is 2.58 bits per heavy atom. The summed E-state index contributed by atoms with van der Waals surface area (Å²) in [6, 6.07) is 5.55. The van der Waals surface area contributed by atoms with E-state index in [1.165, 1.54) is 6.08 Å². The number of para-hydroxylation sites is 1. The van der Waals surface area contributed by atoms with E-state index in [0.29, 0.717) is 10.8 Å². The van der Waals surface area contributed by atoms with Crippen molar-refractivity contribution in [2.45, 2.75) is 37.6 Å². The Kier molecular flexibility index (Phi) is 5.46. The SMILES string of the molecule is O=C(O)C(C[C@@H]1C[C@@H](F)[C@@H](F)C1)N1CC(Oc2ccccc2Cl)=CC1=O. The minimum absolute atomic E-state index is 0.00905. The zero-order valence-electron chi connectivity index (χ0n) is 13.8. The number of alkyl halides is 2. The summed E-state index contributed by atoms with van der Waals surface area (Å²) in [5.74, 6) is -1.50. The lowest BCUT2D eigenvalue weighted by Gasteiger charge is -2.26. The molecule has 5 nitrogen and oxygen atoms in total. The highest BCUT2D eigenvalue weighted by atomic mass is 35.5. The van der Waals surface area contributed by atoms with Crippen LogP contribution in [0.3, 0.4) is 0 Å². The second kappa shape index (κ2) is 7.61. The molecule has 3 rings (SSSR count). The maximum Gasteiger partial charge on any atom is 0.326 e. The number of rotatable bonds is 6. The van der Waals surface area contributed by atoms with Gasteiger partial charge in [0.25, 0.3) is 5.91 Å². The van der Waals surface area contributed by atoms with Crippen molar-refractivity contribution >= 4 is 23.5 Å². The molecule has 0 spiro atoms. The van der Waals surface area contributed by atoms with Crippen LogP contribution in [0.5, 0.6) is 5.75 Å². The van der Waals surface area contributed by atoms with E-state index < -0.39 is 36.2 Å². The quantitative estimate of drug-likeness (QED) is 0.815. The van der Waals surface area contributed by atoms with Crippen LogP contribution in [-0.2, 0) is 9.59 Å². The van der Waals surface area contributed by atoms with Crippen LogP contribution >= 0.6 is 11.6 Å². The van der Waals surface area contributed by atoms with Crippen molar-refractivity contribution < 1.29 is 28.2 Å². The third kappa shape index (κ3) is 3.98. The number of carboxylic acid groups (broad SMARTS) is 1. The van der Waals surface area contributed by atoms with Gasteiger partial charge in [0.15, 0.2) is 0 Å². The molecule has 1 N–H and O–H groups in total. The number of amides is 1. The summed E-state index contributed by atoms with van der Waals surface area (Å²) in [4.78, 5) is 25.0.